The van der Waals surface area contributed by atoms with Crippen LogP contribution in [0.25, 0.3) is 0 Å². The third kappa shape index (κ3) is 3.95. The minimum absolute atomic E-state index is 0.178. The Morgan fingerprint density at radius 1 is 1.29 bits per heavy atom. The first-order valence-electron chi connectivity index (χ1n) is 7.56. The minimum atomic E-state index is -0.935. The number of hydrogen-bond donors (Lipinski definition) is 0. The van der Waals surface area contributed by atoms with E-state index in [0.717, 1.165) is 0 Å². The van der Waals surface area contributed by atoms with Gasteiger partial charge in [0.05, 0.1) is 12.8 Å². The maximum Gasteiger partial charge on any atom is 0.414 e. The number of fused-ring (bicyclic) bond motifs is 1. The maximum atomic E-state index is 12.7. The number of carbonyl (C=O) groups excluding carboxylic acids is 3. The average Bonchev–Trinajstić information content (AvgIpc) is 2.62. The van der Waals surface area contributed by atoms with Crippen LogP contribution in [-0.4, -0.2) is 37.1 Å². The lowest BCUT2D eigenvalue weighted by Gasteiger charge is -2.27. The topological polar surface area (TPSA) is 72.9 Å². The van der Waals surface area contributed by atoms with E-state index in [9.17, 15) is 14.4 Å². The fourth-order valence-corrected chi connectivity index (χ4v) is 2.87. The van der Waals surface area contributed by atoms with Crippen LogP contribution in [0, 0.1) is 5.92 Å². The zero-order valence-electron chi connectivity index (χ0n) is 14.1. The summed E-state index contributed by atoms with van der Waals surface area (Å²) in [4.78, 5) is 38.6. The predicted molar refractivity (Wildman–Crippen MR) is 92.2 cm³/mol. The molecule has 1 amide bonds. The lowest BCUT2D eigenvalue weighted by atomic mass is 9.95. The number of benzene rings is 1. The summed E-state index contributed by atoms with van der Waals surface area (Å²) in [6, 6.07) is 5.01. The van der Waals surface area contributed by atoms with Crippen molar-refractivity contribution in [2.45, 2.75) is 32.8 Å². The Kier molecular flexibility index (Phi) is 5.32. The van der Waals surface area contributed by atoms with Gasteiger partial charge in [-0.05, 0) is 45.4 Å². The van der Waals surface area contributed by atoms with Crippen molar-refractivity contribution in [2.75, 3.05) is 18.6 Å². The number of amides is 1. The number of anilines is 1. The van der Waals surface area contributed by atoms with Gasteiger partial charge in [0, 0.05) is 16.6 Å². The molecule has 0 aromatic heterocycles. The molecule has 0 radical (unpaired) electrons. The van der Waals surface area contributed by atoms with E-state index in [4.69, 9.17) is 9.47 Å². The lowest BCUT2D eigenvalue weighted by molar-refractivity contribution is -0.143. The van der Waals surface area contributed by atoms with Crippen molar-refractivity contribution in [1.29, 1.82) is 0 Å². The van der Waals surface area contributed by atoms with Crippen LogP contribution >= 0.6 is 15.9 Å². The van der Waals surface area contributed by atoms with Crippen molar-refractivity contribution >= 4 is 39.5 Å². The summed E-state index contributed by atoms with van der Waals surface area (Å²) in [5.41, 5.74) is 0.0667. The molecule has 1 aromatic rings. The SMILES string of the molecule is COC(=O)C1CCN(C(=O)OC(C)(C)C)c2ccc(Br)cc2C1=O. The summed E-state index contributed by atoms with van der Waals surface area (Å²) >= 11 is 3.32. The quantitative estimate of drug-likeness (QED) is 0.534. The molecule has 1 aliphatic rings. The van der Waals surface area contributed by atoms with Gasteiger partial charge in [-0.2, -0.15) is 0 Å². The molecule has 1 aromatic carbocycles. The van der Waals surface area contributed by atoms with E-state index < -0.39 is 23.6 Å². The van der Waals surface area contributed by atoms with E-state index in [1.165, 1.54) is 12.0 Å². The normalized spacial score (nSPS) is 17.8. The number of methoxy groups -OCH3 is 1. The molecule has 1 unspecified atom stereocenters. The first kappa shape index (κ1) is 18.4. The highest BCUT2D eigenvalue weighted by molar-refractivity contribution is 9.10. The summed E-state index contributed by atoms with van der Waals surface area (Å²) in [6.07, 6.45) is -0.374. The molecule has 130 valence electrons. The number of halogens is 1. The summed E-state index contributed by atoms with van der Waals surface area (Å²) < 4.78 is 10.8. The van der Waals surface area contributed by atoms with Crippen LogP contribution in [0.2, 0.25) is 0 Å². The van der Waals surface area contributed by atoms with Crippen molar-refractivity contribution in [3.8, 4) is 0 Å². The number of Topliss-reactive ketones (excluding diaryl/α,β-unsaturated/α-hetero) is 1. The Labute approximate surface area is 149 Å². The first-order valence-corrected chi connectivity index (χ1v) is 8.35. The third-order valence-corrected chi connectivity index (χ3v) is 4.07. The second-order valence-electron chi connectivity index (χ2n) is 6.52. The van der Waals surface area contributed by atoms with Gasteiger partial charge in [0.25, 0.3) is 0 Å². The Balaban J connectivity index is 2.47. The van der Waals surface area contributed by atoms with Crippen LogP contribution in [0.1, 0.15) is 37.6 Å². The van der Waals surface area contributed by atoms with Crippen molar-refractivity contribution in [3.05, 3.63) is 28.2 Å². The number of hydrogen-bond acceptors (Lipinski definition) is 5. The zero-order valence-corrected chi connectivity index (χ0v) is 15.7. The van der Waals surface area contributed by atoms with Gasteiger partial charge >= 0.3 is 12.1 Å². The second kappa shape index (κ2) is 6.93. The lowest BCUT2D eigenvalue weighted by Crippen LogP contribution is -2.37. The minimum Gasteiger partial charge on any atom is -0.468 e. The Morgan fingerprint density at radius 2 is 1.96 bits per heavy atom. The van der Waals surface area contributed by atoms with Gasteiger partial charge in [0.1, 0.15) is 11.5 Å². The smallest absolute Gasteiger partial charge is 0.414 e. The fraction of sp³-hybridized carbons (Fsp3) is 0.471. The van der Waals surface area contributed by atoms with E-state index >= 15 is 0 Å². The summed E-state index contributed by atoms with van der Waals surface area (Å²) in [5.74, 6) is -1.89. The maximum absolute atomic E-state index is 12.7. The molecule has 0 aliphatic carbocycles. The van der Waals surface area contributed by atoms with Crippen LogP contribution in [0.3, 0.4) is 0 Å². The van der Waals surface area contributed by atoms with Gasteiger partial charge < -0.3 is 9.47 Å². The molecule has 1 heterocycles. The average molecular weight is 398 g/mol. The first-order chi connectivity index (χ1) is 11.1. The molecule has 0 saturated carbocycles. The molecular formula is C17H20BrNO5. The van der Waals surface area contributed by atoms with Gasteiger partial charge in [0.15, 0.2) is 5.78 Å². The molecule has 0 fully saturated rings. The van der Waals surface area contributed by atoms with Crippen LogP contribution < -0.4 is 4.90 Å². The summed E-state index contributed by atoms with van der Waals surface area (Å²) in [7, 11) is 1.24. The third-order valence-electron chi connectivity index (χ3n) is 3.57. The zero-order chi connectivity index (χ0) is 18.1. The molecule has 1 atom stereocenters. The predicted octanol–water partition coefficient (Wildman–Crippen LogP) is 3.57. The molecule has 0 bridgehead atoms. The number of ether oxygens (including phenoxy) is 2. The van der Waals surface area contributed by atoms with E-state index in [1.807, 2.05) is 0 Å². The van der Waals surface area contributed by atoms with E-state index in [1.54, 1.807) is 39.0 Å². The molecule has 24 heavy (non-hydrogen) atoms. The van der Waals surface area contributed by atoms with E-state index in [2.05, 4.69) is 15.9 Å². The monoisotopic (exact) mass is 397 g/mol. The van der Waals surface area contributed by atoms with Gasteiger partial charge in [-0.25, -0.2) is 4.79 Å². The molecule has 6 nitrogen and oxygen atoms in total. The van der Waals surface area contributed by atoms with Gasteiger partial charge in [0.2, 0.25) is 0 Å². The Hall–Kier alpha value is -1.89. The highest BCUT2D eigenvalue weighted by Gasteiger charge is 2.37. The van der Waals surface area contributed by atoms with Crippen LogP contribution in [-0.2, 0) is 14.3 Å². The van der Waals surface area contributed by atoms with E-state index in [0.29, 0.717) is 15.7 Å². The second-order valence-corrected chi connectivity index (χ2v) is 7.44. The Morgan fingerprint density at radius 3 is 2.54 bits per heavy atom. The summed E-state index contributed by atoms with van der Waals surface area (Å²) in [6.45, 7) is 5.50. The molecular weight excluding hydrogens is 378 g/mol. The molecule has 0 saturated heterocycles. The largest absolute Gasteiger partial charge is 0.468 e. The molecule has 7 heteroatoms. The molecule has 1 aliphatic heterocycles. The number of ketones is 1. The van der Waals surface area contributed by atoms with Gasteiger partial charge in [-0.1, -0.05) is 15.9 Å². The number of esters is 1. The van der Waals surface area contributed by atoms with Crippen molar-refractivity contribution in [3.63, 3.8) is 0 Å². The highest BCUT2D eigenvalue weighted by atomic mass is 79.9. The van der Waals surface area contributed by atoms with Crippen molar-refractivity contribution in [1.82, 2.24) is 0 Å². The highest BCUT2D eigenvalue weighted by Crippen LogP contribution is 2.32. The van der Waals surface area contributed by atoms with Crippen LogP contribution in [0.4, 0.5) is 10.5 Å². The summed E-state index contributed by atoms with van der Waals surface area (Å²) in [5, 5.41) is 0. The molecule has 2 rings (SSSR count). The van der Waals surface area contributed by atoms with E-state index in [-0.39, 0.29) is 18.7 Å². The number of carbonyl (C=O) groups is 3. The van der Waals surface area contributed by atoms with Gasteiger partial charge in [-0.15, -0.1) is 0 Å². The van der Waals surface area contributed by atoms with Crippen molar-refractivity contribution in [2.24, 2.45) is 5.92 Å². The number of nitrogens with zero attached hydrogens (tertiary/aromatic N) is 1. The van der Waals surface area contributed by atoms with Crippen LogP contribution in [0.5, 0.6) is 0 Å². The standard InChI is InChI=1S/C17H20BrNO5/c1-17(2,3)24-16(22)19-8-7-11(15(21)23-4)14(20)12-9-10(18)5-6-13(12)19/h5-6,9,11H,7-8H2,1-4H3. The van der Waals surface area contributed by atoms with Crippen LogP contribution in [0.15, 0.2) is 22.7 Å². The van der Waals surface area contributed by atoms with Crippen molar-refractivity contribution < 1.29 is 23.9 Å². The Bertz CT molecular complexity index is 680. The molecule has 0 N–H and O–H groups in total. The fourth-order valence-electron chi connectivity index (χ4n) is 2.51. The van der Waals surface area contributed by atoms with Gasteiger partial charge in [-0.3, -0.25) is 14.5 Å². The molecule has 0 spiro atoms. The number of rotatable bonds is 1.